The molecule has 40 heavy (non-hydrogen) atoms. The fraction of sp³-hybridized carbons (Fsp3) is 0.500. The lowest BCUT2D eigenvalue weighted by Gasteiger charge is -2.40. The van der Waals surface area contributed by atoms with Gasteiger partial charge in [0.1, 0.15) is 23.9 Å². The van der Waals surface area contributed by atoms with Crippen molar-refractivity contribution in [2.45, 2.75) is 56.4 Å². The molecule has 212 valence electrons. The number of hydrogen-bond acceptors (Lipinski definition) is 9. The van der Waals surface area contributed by atoms with Crippen molar-refractivity contribution < 1.29 is 17.9 Å². The van der Waals surface area contributed by atoms with Crippen LogP contribution >= 0.6 is 0 Å². The SMILES string of the molecule is C=CC12CCC(CN(c3nc(OCC4CCCN4C)nc4cc(-c5nc(N)cc(C)c5C(F)(F)F)ncc34)C1)N2. The zero-order valence-corrected chi connectivity index (χ0v) is 22.6. The highest BCUT2D eigenvalue weighted by molar-refractivity contribution is 5.91. The third-order valence-electron chi connectivity index (χ3n) is 8.41. The molecule has 12 heteroatoms. The van der Waals surface area contributed by atoms with Gasteiger partial charge in [-0.3, -0.25) is 4.98 Å². The molecule has 3 atom stereocenters. The molecule has 6 heterocycles. The summed E-state index contributed by atoms with van der Waals surface area (Å²) < 4.78 is 48.3. The molecule has 6 rings (SSSR count). The summed E-state index contributed by atoms with van der Waals surface area (Å²) in [6.45, 7) is 8.23. The number of ether oxygens (including phenoxy) is 1. The van der Waals surface area contributed by atoms with Crippen molar-refractivity contribution in [2.75, 3.05) is 43.9 Å². The van der Waals surface area contributed by atoms with Gasteiger partial charge in [-0.05, 0) is 63.9 Å². The first-order valence-corrected chi connectivity index (χ1v) is 13.6. The first kappa shape index (κ1) is 26.7. The molecule has 3 fully saturated rings. The summed E-state index contributed by atoms with van der Waals surface area (Å²) in [5.74, 6) is 0.632. The fourth-order valence-corrected chi connectivity index (χ4v) is 6.33. The Labute approximate surface area is 230 Å². The Kier molecular flexibility index (Phi) is 6.57. The van der Waals surface area contributed by atoms with E-state index in [9.17, 15) is 13.2 Å². The number of rotatable bonds is 6. The molecule has 3 unspecified atom stereocenters. The van der Waals surface area contributed by atoms with Crippen LogP contribution in [-0.4, -0.2) is 75.7 Å². The van der Waals surface area contributed by atoms with E-state index in [0.717, 1.165) is 38.8 Å². The maximum Gasteiger partial charge on any atom is 0.418 e. The highest BCUT2D eigenvalue weighted by atomic mass is 19.4. The van der Waals surface area contributed by atoms with Gasteiger partial charge < -0.3 is 25.6 Å². The van der Waals surface area contributed by atoms with Crippen molar-refractivity contribution in [2.24, 2.45) is 0 Å². The lowest BCUT2D eigenvalue weighted by Crippen LogP contribution is -2.58. The molecule has 3 aliphatic heterocycles. The summed E-state index contributed by atoms with van der Waals surface area (Å²) >= 11 is 0. The number of anilines is 2. The maximum absolute atomic E-state index is 14.1. The molecule has 3 saturated heterocycles. The molecule has 0 radical (unpaired) electrons. The Hall–Kier alpha value is -3.51. The predicted octanol–water partition coefficient (Wildman–Crippen LogP) is 3.97. The van der Waals surface area contributed by atoms with Crippen LogP contribution < -0.4 is 20.7 Å². The monoisotopic (exact) mass is 554 g/mol. The largest absolute Gasteiger partial charge is 0.462 e. The number of piperazine rings is 1. The van der Waals surface area contributed by atoms with Gasteiger partial charge in [-0.15, -0.1) is 6.58 Å². The van der Waals surface area contributed by atoms with Crippen LogP contribution in [0, 0.1) is 6.92 Å². The van der Waals surface area contributed by atoms with E-state index in [-0.39, 0.29) is 46.4 Å². The third kappa shape index (κ3) is 4.83. The van der Waals surface area contributed by atoms with E-state index >= 15 is 0 Å². The summed E-state index contributed by atoms with van der Waals surface area (Å²) in [7, 11) is 2.07. The van der Waals surface area contributed by atoms with E-state index in [0.29, 0.717) is 29.9 Å². The minimum atomic E-state index is -4.63. The Bertz CT molecular complexity index is 1460. The molecule has 3 aromatic rings. The second-order valence-electron chi connectivity index (χ2n) is 11.2. The Balaban J connectivity index is 1.46. The molecular weight excluding hydrogens is 521 g/mol. The van der Waals surface area contributed by atoms with Gasteiger partial charge >= 0.3 is 12.2 Å². The number of alkyl halides is 3. The van der Waals surface area contributed by atoms with Gasteiger partial charge in [-0.2, -0.15) is 23.1 Å². The van der Waals surface area contributed by atoms with Crippen LogP contribution in [-0.2, 0) is 6.18 Å². The van der Waals surface area contributed by atoms with Crippen LogP contribution in [0.3, 0.4) is 0 Å². The van der Waals surface area contributed by atoms with Crippen molar-refractivity contribution in [3.8, 4) is 17.4 Å². The zero-order valence-electron chi connectivity index (χ0n) is 22.6. The van der Waals surface area contributed by atoms with E-state index in [1.807, 2.05) is 6.08 Å². The number of aromatic nitrogens is 4. The lowest BCUT2D eigenvalue weighted by molar-refractivity contribution is -0.137. The molecule has 3 aromatic heterocycles. The van der Waals surface area contributed by atoms with E-state index in [1.165, 1.54) is 25.3 Å². The van der Waals surface area contributed by atoms with Gasteiger partial charge in [-0.1, -0.05) is 6.08 Å². The lowest BCUT2D eigenvalue weighted by atomic mass is 9.97. The van der Waals surface area contributed by atoms with Gasteiger partial charge in [-0.25, -0.2) is 4.98 Å². The Morgan fingerprint density at radius 1 is 1.25 bits per heavy atom. The van der Waals surface area contributed by atoms with Crippen LogP contribution in [0.1, 0.15) is 36.8 Å². The van der Waals surface area contributed by atoms with Crippen LogP contribution in [0.15, 0.2) is 31.0 Å². The highest BCUT2D eigenvalue weighted by Crippen LogP contribution is 2.40. The first-order valence-electron chi connectivity index (χ1n) is 13.6. The van der Waals surface area contributed by atoms with Gasteiger partial charge in [0.25, 0.3) is 0 Å². The summed E-state index contributed by atoms with van der Waals surface area (Å²) in [6.07, 6.45) is 2.97. The highest BCUT2D eigenvalue weighted by Gasteiger charge is 2.43. The fourth-order valence-electron chi connectivity index (χ4n) is 6.33. The molecule has 0 saturated carbocycles. The number of aryl methyl sites for hydroxylation is 1. The summed E-state index contributed by atoms with van der Waals surface area (Å²) in [5, 5.41) is 4.29. The number of fused-ring (bicyclic) bond motifs is 3. The Morgan fingerprint density at radius 3 is 2.80 bits per heavy atom. The molecule has 9 nitrogen and oxygen atoms in total. The number of nitrogens with two attached hydrogens (primary N) is 1. The van der Waals surface area contributed by atoms with E-state index in [2.05, 4.69) is 43.7 Å². The number of hydrogen-bond donors (Lipinski definition) is 2. The maximum atomic E-state index is 14.1. The number of nitrogens with zero attached hydrogens (tertiary/aromatic N) is 6. The van der Waals surface area contributed by atoms with E-state index in [1.54, 1.807) is 0 Å². The molecule has 3 aliphatic rings. The molecule has 0 amide bonds. The zero-order chi connectivity index (χ0) is 28.2. The summed E-state index contributed by atoms with van der Waals surface area (Å²) in [5.41, 5.74) is 4.88. The van der Waals surface area contributed by atoms with Gasteiger partial charge in [0.05, 0.1) is 27.7 Å². The molecular formula is C28H33F3N8O. The summed E-state index contributed by atoms with van der Waals surface area (Å²) in [6, 6.07) is 3.45. The predicted molar refractivity (Wildman–Crippen MR) is 147 cm³/mol. The minimum Gasteiger partial charge on any atom is -0.462 e. The van der Waals surface area contributed by atoms with Crippen molar-refractivity contribution in [3.63, 3.8) is 0 Å². The van der Waals surface area contributed by atoms with Crippen LogP contribution in [0.4, 0.5) is 24.8 Å². The van der Waals surface area contributed by atoms with Gasteiger partial charge in [0.2, 0.25) is 0 Å². The number of nitrogen functional groups attached to an aromatic ring is 1. The average Bonchev–Trinajstić information content (AvgIpc) is 3.46. The standard InChI is InChI=1S/C28H33F3N8O/c1-4-27-8-7-17(37-27)13-39(15-27)25-19-12-33-21(24-23(28(29,30)31)16(2)10-22(32)35-24)11-20(19)34-26(36-25)40-14-18-6-5-9-38(18)3/h4,10-12,17-18,37H,1,5-9,13-15H2,2-3H3,(H2,32,35). The Morgan fingerprint density at radius 2 is 2.08 bits per heavy atom. The first-order chi connectivity index (χ1) is 19.0. The summed E-state index contributed by atoms with van der Waals surface area (Å²) in [4.78, 5) is 22.3. The van der Waals surface area contributed by atoms with Crippen LogP contribution in [0.2, 0.25) is 0 Å². The molecule has 0 spiro atoms. The average molecular weight is 555 g/mol. The molecule has 3 N–H and O–H groups in total. The van der Waals surface area contributed by atoms with Gasteiger partial charge in [0, 0.05) is 31.4 Å². The van der Waals surface area contributed by atoms with Crippen molar-refractivity contribution in [1.82, 2.24) is 30.2 Å². The van der Waals surface area contributed by atoms with E-state index in [4.69, 9.17) is 15.5 Å². The van der Waals surface area contributed by atoms with Crippen LogP contribution in [0.25, 0.3) is 22.3 Å². The van der Waals surface area contributed by atoms with Crippen LogP contribution in [0.5, 0.6) is 6.01 Å². The third-order valence-corrected chi connectivity index (χ3v) is 8.41. The smallest absolute Gasteiger partial charge is 0.418 e. The van der Waals surface area contributed by atoms with Gasteiger partial charge in [0.15, 0.2) is 0 Å². The number of likely N-dealkylation sites (N-methyl/N-ethyl adjacent to an activating group) is 1. The second kappa shape index (κ2) is 9.84. The number of likely N-dealkylation sites (tertiary alicyclic amines) is 1. The quantitative estimate of drug-likeness (QED) is 0.438. The number of nitrogens with one attached hydrogen (secondary N) is 1. The van der Waals surface area contributed by atoms with E-state index < -0.39 is 11.7 Å². The molecule has 0 aliphatic carbocycles. The normalized spacial score (nSPS) is 25.1. The molecule has 0 aromatic carbocycles. The molecule has 2 bridgehead atoms. The topological polar surface area (TPSA) is 105 Å². The minimum absolute atomic E-state index is 0.0125. The number of halogens is 3. The van der Waals surface area contributed by atoms with Crippen molar-refractivity contribution in [1.29, 1.82) is 0 Å². The number of pyridine rings is 2. The second-order valence-corrected chi connectivity index (χ2v) is 11.2. The van der Waals surface area contributed by atoms with Crippen molar-refractivity contribution >= 4 is 22.5 Å². The van der Waals surface area contributed by atoms with Crippen molar-refractivity contribution in [3.05, 3.63) is 42.1 Å².